The first-order valence-corrected chi connectivity index (χ1v) is 6.78. The Labute approximate surface area is 121 Å². The van der Waals surface area contributed by atoms with Crippen LogP contribution >= 0.6 is 15.9 Å². The smallest absolute Gasteiger partial charge is 0.328 e. The molecule has 104 valence electrons. The Bertz CT molecular complexity index is 480. The highest BCUT2D eigenvalue weighted by Crippen LogP contribution is 2.16. The minimum absolute atomic E-state index is 0.314. The van der Waals surface area contributed by atoms with Crippen molar-refractivity contribution < 1.29 is 14.3 Å². The first-order chi connectivity index (χ1) is 8.70. The molecule has 0 aliphatic rings. The van der Waals surface area contributed by atoms with Crippen LogP contribution in [-0.2, 0) is 9.53 Å². The highest BCUT2D eigenvalue weighted by Gasteiger charge is 2.23. The van der Waals surface area contributed by atoms with E-state index in [1.165, 1.54) is 0 Å². The van der Waals surface area contributed by atoms with Crippen LogP contribution in [-0.4, -0.2) is 23.5 Å². The molecule has 0 radical (unpaired) electrons. The lowest BCUT2D eigenvalue weighted by Crippen LogP contribution is -2.42. The molecule has 4 nitrogen and oxygen atoms in total. The van der Waals surface area contributed by atoms with Gasteiger partial charge in [-0.05, 0) is 55.8 Å². The predicted molar refractivity (Wildman–Crippen MR) is 76.9 cm³/mol. The summed E-state index contributed by atoms with van der Waals surface area (Å²) in [6.45, 7) is 6.95. The molecule has 0 spiro atoms. The second-order valence-corrected chi connectivity index (χ2v) is 6.06. The van der Waals surface area contributed by atoms with Gasteiger partial charge < -0.3 is 10.1 Å². The molecule has 0 heterocycles. The monoisotopic (exact) mass is 327 g/mol. The number of benzene rings is 1. The molecule has 1 N–H and O–H groups in total. The second-order valence-electron chi connectivity index (χ2n) is 5.21. The number of rotatable bonds is 3. The quantitative estimate of drug-likeness (QED) is 0.868. The fourth-order valence-electron chi connectivity index (χ4n) is 1.37. The van der Waals surface area contributed by atoms with Crippen LogP contribution in [0.3, 0.4) is 0 Å². The summed E-state index contributed by atoms with van der Waals surface area (Å²) in [6, 6.07) is 6.34. The summed E-state index contributed by atoms with van der Waals surface area (Å²) < 4.78 is 5.89. The molecule has 19 heavy (non-hydrogen) atoms. The first kappa shape index (κ1) is 15.7. The van der Waals surface area contributed by atoms with E-state index in [-0.39, 0.29) is 5.91 Å². The first-order valence-electron chi connectivity index (χ1n) is 5.99. The molecule has 1 atom stereocenters. The molecule has 0 aliphatic carbocycles. The van der Waals surface area contributed by atoms with Gasteiger partial charge in [0.25, 0.3) is 5.91 Å². The van der Waals surface area contributed by atoms with E-state index >= 15 is 0 Å². The highest BCUT2D eigenvalue weighted by atomic mass is 79.9. The Morgan fingerprint density at radius 2 is 1.84 bits per heavy atom. The summed E-state index contributed by atoms with van der Waals surface area (Å²) >= 11 is 3.30. The largest absolute Gasteiger partial charge is 0.458 e. The van der Waals surface area contributed by atoms with Gasteiger partial charge in [0.2, 0.25) is 0 Å². The van der Waals surface area contributed by atoms with Crippen LogP contribution in [0.15, 0.2) is 28.7 Å². The van der Waals surface area contributed by atoms with Gasteiger partial charge in [-0.1, -0.05) is 12.1 Å². The normalized spacial score (nSPS) is 12.7. The van der Waals surface area contributed by atoms with Gasteiger partial charge in [-0.25, -0.2) is 4.79 Å². The van der Waals surface area contributed by atoms with E-state index in [2.05, 4.69) is 21.2 Å². The third kappa shape index (κ3) is 5.03. The van der Waals surface area contributed by atoms with E-state index in [4.69, 9.17) is 4.74 Å². The summed E-state index contributed by atoms with van der Waals surface area (Å²) in [5.41, 5.74) is -0.0819. The summed E-state index contributed by atoms with van der Waals surface area (Å²) in [6.07, 6.45) is 0. The standard InChI is InChI=1S/C14H18BrNO3/c1-9(13(18)19-14(2,3)4)16-12(17)10-7-5-6-8-11(10)15/h5-9H,1-4H3,(H,16,17)/t9-/m1/s1. The third-order valence-electron chi connectivity index (χ3n) is 2.23. The van der Waals surface area contributed by atoms with Crippen molar-refractivity contribution in [1.82, 2.24) is 5.32 Å². The highest BCUT2D eigenvalue weighted by molar-refractivity contribution is 9.10. The number of amides is 1. The molecule has 5 heteroatoms. The number of nitrogens with one attached hydrogen (secondary N) is 1. The number of halogens is 1. The molecular weight excluding hydrogens is 310 g/mol. The lowest BCUT2D eigenvalue weighted by atomic mass is 10.2. The van der Waals surface area contributed by atoms with E-state index < -0.39 is 17.6 Å². The van der Waals surface area contributed by atoms with Gasteiger partial charge >= 0.3 is 5.97 Å². The molecule has 0 unspecified atom stereocenters. The van der Waals surface area contributed by atoms with Gasteiger partial charge in [-0.2, -0.15) is 0 Å². The van der Waals surface area contributed by atoms with Gasteiger partial charge in [0.15, 0.2) is 0 Å². The van der Waals surface area contributed by atoms with Gasteiger partial charge in [-0.15, -0.1) is 0 Å². The molecule has 0 aromatic heterocycles. The molecular formula is C14H18BrNO3. The van der Waals surface area contributed by atoms with Crippen molar-refractivity contribution in [2.24, 2.45) is 0 Å². The van der Waals surface area contributed by atoms with Gasteiger partial charge in [0.05, 0.1) is 5.56 Å². The maximum Gasteiger partial charge on any atom is 0.328 e. The second kappa shape index (κ2) is 6.19. The van der Waals surface area contributed by atoms with Crippen molar-refractivity contribution in [1.29, 1.82) is 0 Å². The summed E-state index contributed by atoms with van der Waals surface area (Å²) in [5, 5.41) is 2.62. The van der Waals surface area contributed by atoms with Crippen molar-refractivity contribution in [2.75, 3.05) is 0 Å². The summed E-state index contributed by atoms with van der Waals surface area (Å²) in [4.78, 5) is 23.8. The number of carbonyl (C=O) groups is 2. The zero-order chi connectivity index (χ0) is 14.6. The Morgan fingerprint density at radius 1 is 1.26 bits per heavy atom. The molecule has 0 bridgehead atoms. The number of carbonyl (C=O) groups excluding carboxylic acids is 2. The molecule has 1 aromatic rings. The molecule has 1 amide bonds. The lowest BCUT2D eigenvalue weighted by molar-refractivity contribution is -0.156. The van der Waals surface area contributed by atoms with Gasteiger partial charge in [0.1, 0.15) is 11.6 Å². The number of hydrogen-bond acceptors (Lipinski definition) is 3. The minimum atomic E-state index is -0.696. The summed E-state index contributed by atoms with van der Waals surface area (Å²) in [7, 11) is 0. The van der Waals surface area contributed by atoms with Crippen molar-refractivity contribution in [3.05, 3.63) is 34.3 Å². The fraction of sp³-hybridized carbons (Fsp3) is 0.429. The number of esters is 1. The topological polar surface area (TPSA) is 55.4 Å². The Hall–Kier alpha value is -1.36. The van der Waals surface area contributed by atoms with Gasteiger partial charge in [-0.3, -0.25) is 4.79 Å². The van der Waals surface area contributed by atoms with E-state index in [1.54, 1.807) is 45.9 Å². The zero-order valence-electron chi connectivity index (χ0n) is 11.5. The van der Waals surface area contributed by atoms with Crippen LogP contribution in [0.2, 0.25) is 0 Å². The van der Waals surface area contributed by atoms with Crippen LogP contribution in [0, 0.1) is 0 Å². The number of ether oxygens (including phenoxy) is 1. The van der Waals surface area contributed by atoms with E-state index in [0.717, 1.165) is 0 Å². The SMILES string of the molecule is C[C@@H](NC(=O)c1ccccc1Br)C(=O)OC(C)(C)C. The van der Waals surface area contributed by atoms with E-state index in [1.807, 2.05) is 6.07 Å². The Kier molecular flexibility index (Phi) is 5.11. The Balaban J connectivity index is 2.67. The Morgan fingerprint density at radius 3 is 2.37 bits per heavy atom. The molecule has 0 saturated heterocycles. The van der Waals surface area contributed by atoms with Gasteiger partial charge in [0, 0.05) is 4.47 Å². The zero-order valence-corrected chi connectivity index (χ0v) is 13.1. The lowest BCUT2D eigenvalue weighted by Gasteiger charge is -2.22. The number of hydrogen-bond donors (Lipinski definition) is 1. The van der Waals surface area contributed by atoms with Crippen molar-refractivity contribution in [3.8, 4) is 0 Å². The van der Waals surface area contributed by atoms with Crippen LogP contribution in [0.25, 0.3) is 0 Å². The summed E-state index contributed by atoms with van der Waals surface area (Å²) in [5.74, 6) is -0.765. The fourth-order valence-corrected chi connectivity index (χ4v) is 1.83. The molecule has 0 fully saturated rings. The van der Waals surface area contributed by atoms with Crippen LogP contribution < -0.4 is 5.32 Å². The predicted octanol–water partition coefficient (Wildman–Crippen LogP) is 2.91. The van der Waals surface area contributed by atoms with Crippen LogP contribution in [0.1, 0.15) is 38.1 Å². The van der Waals surface area contributed by atoms with Crippen molar-refractivity contribution in [2.45, 2.75) is 39.3 Å². The maximum atomic E-state index is 12.0. The average molecular weight is 328 g/mol. The minimum Gasteiger partial charge on any atom is -0.458 e. The van der Waals surface area contributed by atoms with E-state index in [0.29, 0.717) is 10.0 Å². The third-order valence-corrected chi connectivity index (χ3v) is 2.92. The average Bonchev–Trinajstić information content (AvgIpc) is 2.27. The maximum absolute atomic E-state index is 12.0. The molecule has 1 aromatic carbocycles. The van der Waals surface area contributed by atoms with Crippen LogP contribution in [0.5, 0.6) is 0 Å². The van der Waals surface area contributed by atoms with Crippen molar-refractivity contribution >= 4 is 27.8 Å². The molecule has 1 rings (SSSR count). The molecule has 0 saturated carbocycles. The van der Waals surface area contributed by atoms with Crippen LogP contribution in [0.4, 0.5) is 0 Å². The van der Waals surface area contributed by atoms with Crippen molar-refractivity contribution in [3.63, 3.8) is 0 Å². The molecule has 0 aliphatic heterocycles. The van der Waals surface area contributed by atoms with E-state index in [9.17, 15) is 9.59 Å².